The molecule has 7 heteroatoms. The van der Waals surface area contributed by atoms with Gasteiger partial charge in [-0.2, -0.15) is 0 Å². The van der Waals surface area contributed by atoms with E-state index >= 15 is 0 Å². The normalized spacial score (nSPS) is 16.1. The number of allylic oxidation sites excluding steroid dienone is 1. The Morgan fingerprint density at radius 1 is 1.37 bits per heavy atom. The summed E-state index contributed by atoms with van der Waals surface area (Å²) in [6.07, 6.45) is 5.30. The lowest BCUT2D eigenvalue weighted by Crippen LogP contribution is -2.31. The van der Waals surface area contributed by atoms with Crippen LogP contribution in [0.3, 0.4) is 0 Å². The number of aromatic nitrogens is 1. The fraction of sp³-hybridized carbons (Fsp3) is 0.600. The Balaban J connectivity index is 2.03. The van der Waals surface area contributed by atoms with Gasteiger partial charge in [-0.3, -0.25) is 4.79 Å². The highest BCUT2D eigenvalue weighted by molar-refractivity contribution is 8.03. The fourth-order valence-electron chi connectivity index (χ4n) is 3.26. The minimum Gasteiger partial charge on any atom is -0.396 e. The molecule has 1 saturated heterocycles. The number of hydrogen-bond donors (Lipinski definition) is 2. The maximum atomic E-state index is 11.7. The van der Waals surface area contributed by atoms with E-state index in [4.69, 9.17) is 5.73 Å². The Bertz CT molecular complexity index is 645. The number of hydrogen-bond acceptors (Lipinski definition) is 6. The van der Waals surface area contributed by atoms with Crippen LogP contribution in [0.1, 0.15) is 43.9 Å². The SMILES string of the molecule is C/C(=C(\CCO)SCCN1CCCCC1)N(C=O)Cc1ccc(C)nc1N. The molecule has 0 aromatic carbocycles. The smallest absolute Gasteiger partial charge is 0.214 e. The van der Waals surface area contributed by atoms with Crippen molar-refractivity contribution in [2.45, 2.75) is 46.1 Å². The van der Waals surface area contributed by atoms with Crippen molar-refractivity contribution in [3.63, 3.8) is 0 Å². The summed E-state index contributed by atoms with van der Waals surface area (Å²) in [6.45, 7) is 7.69. The standard InChI is InChI=1S/C20H32N4O2S/c1-16-6-7-18(20(21)22-16)14-24(15-26)17(2)19(8-12-25)27-13-11-23-9-4-3-5-10-23/h6-7,15,25H,3-5,8-14H2,1-2H3,(H2,21,22)/b19-17-. The third kappa shape index (κ3) is 6.83. The number of aliphatic hydroxyl groups is 1. The molecule has 1 fully saturated rings. The van der Waals surface area contributed by atoms with E-state index in [1.54, 1.807) is 16.7 Å². The van der Waals surface area contributed by atoms with Crippen molar-refractivity contribution < 1.29 is 9.90 Å². The second-order valence-corrected chi connectivity index (χ2v) is 8.15. The van der Waals surface area contributed by atoms with Gasteiger partial charge in [0.15, 0.2) is 0 Å². The van der Waals surface area contributed by atoms with E-state index in [1.807, 2.05) is 26.0 Å². The average molecular weight is 393 g/mol. The summed E-state index contributed by atoms with van der Waals surface area (Å²) in [5, 5.41) is 9.46. The predicted octanol–water partition coefficient (Wildman–Crippen LogP) is 2.76. The lowest BCUT2D eigenvalue weighted by Gasteiger charge is -2.27. The number of carbonyl (C=O) groups is 1. The fourth-order valence-corrected chi connectivity index (χ4v) is 4.42. The Hall–Kier alpha value is -1.57. The number of rotatable bonds is 10. The van der Waals surface area contributed by atoms with Gasteiger partial charge in [-0.25, -0.2) is 4.98 Å². The first-order chi connectivity index (χ1) is 13.0. The highest BCUT2D eigenvalue weighted by Gasteiger charge is 2.15. The molecule has 0 aliphatic carbocycles. The van der Waals surface area contributed by atoms with Gasteiger partial charge in [-0.05, 0) is 45.8 Å². The molecular formula is C20H32N4O2S. The van der Waals surface area contributed by atoms with Crippen molar-refractivity contribution >= 4 is 24.0 Å². The molecule has 0 unspecified atom stereocenters. The molecule has 0 radical (unpaired) electrons. The van der Waals surface area contributed by atoms with Crippen LogP contribution in [-0.4, -0.2) is 58.3 Å². The summed E-state index contributed by atoms with van der Waals surface area (Å²) < 4.78 is 0. The molecule has 0 spiro atoms. The Kier molecular flexibility index (Phi) is 9.10. The first kappa shape index (κ1) is 21.7. The maximum Gasteiger partial charge on any atom is 0.214 e. The van der Waals surface area contributed by atoms with Gasteiger partial charge in [0.2, 0.25) is 6.41 Å². The van der Waals surface area contributed by atoms with E-state index in [1.165, 1.54) is 32.4 Å². The van der Waals surface area contributed by atoms with E-state index in [2.05, 4.69) is 9.88 Å². The topological polar surface area (TPSA) is 82.7 Å². The number of thioether (sulfide) groups is 1. The average Bonchev–Trinajstić information content (AvgIpc) is 2.67. The number of amides is 1. The summed E-state index contributed by atoms with van der Waals surface area (Å²) in [5.41, 5.74) is 8.56. The van der Waals surface area contributed by atoms with Crippen LogP contribution >= 0.6 is 11.8 Å². The molecule has 3 N–H and O–H groups in total. The van der Waals surface area contributed by atoms with Gasteiger partial charge >= 0.3 is 0 Å². The van der Waals surface area contributed by atoms with Gasteiger partial charge in [0.05, 0.1) is 6.54 Å². The second kappa shape index (κ2) is 11.3. The molecule has 6 nitrogen and oxygen atoms in total. The zero-order valence-corrected chi connectivity index (χ0v) is 17.3. The monoisotopic (exact) mass is 392 g/mol. The van der Waals surface area contributed by atoms with E-state index in [0.29, 0.717) is 18.8 Å². The number of aryl methyl sites for hydroxylation is 1. The number of aliphatic hydroxyl groups excluding tert-OH is 1. The van der Waals surface area contributed by atoms with E-state index in [-0.39, 0.29) is 6.61 Å². The van der Waals surface area contributed by atoms with Gasteiger partial charge in [0.1, 0.15) is 5.82 Å². The summed E-state index contributed by atoms with van der Waals surface area (Å²) >= 11 is 1.74. The van der Waals surface area contributed by atoms with E-state index < -0.39 is 0 Å². The van der Waals surface area contributed by atoms with Crippen LogP contribution in [0.25, 0.3) is 0 Å². The maximum absolute atomic E-state index is 11.7. The zero-order valence-electron chi connectivity index (χ0n) is 16.5. The second-order valence-electron chi connectivity index (χ2n) is 6.96. The van der Waals surface area contributed by atoms with Crippen molar-refractivity contribution in [1.82, 2.24) is 14.8 Å². The molecule has 0 atom stereocenters. The molecule has 150 valence electrons. The van der Waals surface area contributed by atoms with Gasteiger partial charge < -0.3 is 20.6 Å². The Morgan fingerprint density at radius 3 is 2.74 bits per heavy atom. The van der Waals surface area contributed by atoms with Gasteiger partial charge in [0, 0.05) is 47.2 Å². The highest BCUT2D eigenvalue weighted by Crippen LogP contribution is 2.27. The molecule has 1 aliphatic rings. The van der Waals surface area contributed by atoms with Crippen LogP contribution in [0.2, 0.25) is 0 Å². The lowest BCUT2D eigenvalue weighted by molar-refractivity contribution is -0.116. The molecule has 1 aliphatic heterocycles. The number of nitrogens with zero attached hydrogens (tertiary/aromatic N) is 3. The number of nitrogens with two attached hydrogens (primary N) is 1. The molecule has 0 bridgehead atoms. The third-order valence-corrected chi connectivity index (χ3v) is 6.16. The first-order valence-electron chi connectivity index (χ1n) is 9.65. The highest BCUT2D eigenvalue weighted by atomic mass is 32.2. The van der Waals surface area contributed by atoms with E-state index in [0.717, 1.165) is 40.6 Å². The molecule has 2 rings (SSSR count). The number of likely N-dealkylation sites (tertiary alicyclic amines) is 1. The molecule has 1 aromatic rings. The lowest BCUT2D eigenvalue weighted by atomic mass is 10.1. The Morgan fingerprint density at radius 2 is 2.11 bits per heavy atom. The van der Waals surface area contributed by atoms with Crippen LogP contribution in [-0.2, 0) is 11.3 Å². The number of carbonyl (C=O) groups excluding carboxylic acids is 1. The molecule has 2 heterocycles. The first-order valence-corrected chi connectivity index (χ1v) is 10.6. The van der Waals surface area contributed by atoms with E-state index in [9.17, 15) is 9.90 Å². The van der Waals surface area contributed by atoms with Crippen molar-refractivity contribution in [2.24, 2.45) is 0 Å². The van der Waals surface area contributed by atoms with Crippen LogP contribution in [0.5, 0.6) is 0 Å². The minimum atomic E-state index is 0.0737. The number of nitrogen functional groups attached to an aromatic ring is 1. The van der Waals surface area contributed by atoms with Crippen molar-refractivity contribution in [3.8, 4) is 0 Å². The predicted molar refractivity (Wildman–Crippen MR) is 112 cm³/mol. The number of piperidine rings is 1. The van der Waals surface area contributed by atoms with Gasteiger partial charge in [0.25, 0.3) is 0 Å². The molecule has 1 amide bonds. The largest absolute Gasteiger partial charge is 0.396 e. The Labute approximate surface area is 166 Å². The molecular weight excluding hydrogens is 360 g/mol. The summed E-state index contributed by atoms with van der Waals surface area (Å²) in [4.78, 5) is 21.2. The molecule has 27 heavy (non-hydrogen) atoms. The molecule has 0 saturated carbocycles. The van der Waals surface area contributed by atoms with Crippen molar-refractivity contribution in [2.75, 3.05) is 37.7 Å². The quantitative estimate of drug-likeness (QED) is 0.596. The van der Waals surface area contributed by atoms with Crippen molar-refractivity contribution in [1.29, 1.82) is 0 Å². The van der Waals surface area contributed by atoms with Gasteiger partial charge in [-0.1, -0.05) is 12.5 Å². The number of pyridine rings is 1. The summed E-state index contributed by atoms with van der Waals surface area (Å²) in [7, 11) is 0. The van der Waals surface area contributed by atoms with Crippen LogP contribution in [0.4, 0.5) is 5.82 Å². The minimum absolute atomic E-state index is 0.0737. The van der Waals surface area contributed by atoms with Crippen LogP contribution in [0.15, 0.2) is 22.7 Å². The number of anilines is 1. The van der Waals surface area contributed by atoms with Crippen LogP contribution in [0, 0.1) is 6.92 Å². The summed E-state index contributed by atoms with van der Waals surface area (Å²) in [6, 6.07) is 3.81. The molecule has 1 aromatic heterocycles. The summed E-state index contributed by atoms with van der Waals surface area (Å²) in [5.74, 6) is 1.42. The van der Waals surface area contributed by atoms with Crippen LogP contribution < -0.4 is 5.73 Å². The third-order valence-electron chi connectivity index (χ3n) is 4.93. The van der Waals surface area contributed by atoms with Gasteiger partial charge in [-0.15, -0.1) is 11.8 Å². The zero-order chi connectivity index (χ0) is 19.6. The van der Waals surface area contributed by atoms with Crippen molar-refractivity contribution in [3.05, 3.63) is 34.0 Å².